The lowest BCUT2D eigenvalue weighted by molar-refractivity contribution is -0.137. The van der Waals surface area contributed by atoms with Gasteiger partial charge in [0.1, 0.15) is 12.2 Å². The quantitative estimate of drug-likeness (QED) is 0.571. The molecule has 11 heteroatoms. The number of carbonyl (C=O) groups is 2. The molecular weight excluding hydrogens is 461 g/mol. The van der Waals surface area contributed by atoms with Gasteiger partial charge in [0.15, 0.2) is 5.82 Å². The van der Waals surface area contributed by atoms with Crippen molar-refractivity contribution >= 4 is 56.8 Å². The van der Waals surface area contributed by atoms with E-state index < -0.39 is 18.4 Å². The van der Waals surface area contributed by atoms with Crippen LogP contribution in [0.4, 0.5) is 5.82 Å². The zero-order valence-electron chi connectivity index (χ0n) is 13.6. The van der Waals surface area contributed by atoms with Crippen molar-refractivity contribution in [2.75, 3.05) is 5.32 Å². The van der Waals surface area contributed by atoms with Crippen LogP contribution in [0.2, 0.25) is 10.0 Å². The zero-order chi connectivity index (χ0) is 19.6. The minimum atomic E-state index is -1.10. The smallest absolute Gasteiger partial charge is 0.325 e. The maximum absolute atomic E-state index is 12.4. The number of carboxylic acid groups (broad SMARTS) is 1. The normalized spacial score (nSPS) is 10.8. The minimum absolute atomic E-state index is 0.111. The predicted molar refractivity (Wildman–Crippen MR) is 103 cm³/mol. The molecule has 0 fully saturated rings. The van der Waals surface area contributed by atoms with Gasteiger partial charge in [0.25, 0.3) is 5.91 Å². The van der Waals surface area contributed by atoms with E-state index in [4.69, 9.17) is 28.3 Å². The van der Waals surface area contributed by atoms with Crippen LogP contribution in [-0.2, 0) is 17.9 Å². The molecule has 0 radical (unpaired) electrons. The monoisotopic (exact) mass is 471 g/mol. The molecule has 0 unspecified atom stereocenters. The van der Waals surface area contributed by atoms with Crippen LogP contribution in [0.25, 0.3) is 0 Å². The fraction of sp³-hybridized carbons (Fsp3) is 0.125. The molecule has 140 valence electrons. The van der Waals surface area contributed by atoms with Crippen LogP contribution >= 0.6 is 39.1 Å². The van der Waals surface area contributed by atoms with Crippen LogP contribution < -0.4 is 5.32 Å². The molecule has 0 aliphatic heterocycles. The van der Waals surface area contributed by atoms with Gasteiger partial charge < -0.3 is 10.4 Å². The molecular formula is C16H12BrCl2N5O3. The molecule has 0 atom stereocenters. The van der Waals surface area contributed by atoms with Crippen molar-refractivity contribution in [3.05, 3.63) is 62.4 Å². The Morgan fingerprint density at radius 1 is 1.26 bits per heavy atom. The minimum Gasteiger partial charge on any atom is -0.480 e. The van der Waals surface area contributed by atoms with Crippen molar-refractivity contribution < 1.29 is 14.7 Å². The number of benzene rings is 1. The standard InChI is InChI=1S/C16H12BrCl2N5O3/c17-11-7-23(6-9-1-2-10(18)5-12(9)19)22-15(11)21-16(27)13-3-4-20-24(13)8-14(25)26/h1-5,7H,6,8H2,(H,25,26)(H,21,22,27). The number of rotatable bonds is 6. The average molecular weight is 473 g/mol. The highest BCUT2D eigenvalue weighted by Crippen LogP contribution is 2.25. The van der Waals surface area contributed by atoms with Gasteiger partial charge in [-0.05, 0) is 39.7 Å². The van der Waals surface area contributed by atoms with Crippen LogP contribution in [0, 0.1) is 0 Å². The van der Waals surface area contributed by atoms with Gasteiger partial charge >= 0.3 is 5.97 Å². The number of hydrogen-bond acceptors (Lipinski definition) is 4. The lowest BCUT2D eigenvalue weighted by Crippen LogP contribution is -2.21. The highest BCUT2D eigenvalue weighted by Gasteiger charge is 2.17. The van der Waals surface area contributed by atoms with Gasteiger partial charge in [0, 0.05) is 22.4 Å². The first-order valence-corrected chi connectivity index (χ1v) is 9.10. The number of hydrogen-bond donors (Lipinski definition) is 2. The number of amides is 1. The van der Waals surface area contributed by atoms with Crippen molar-refractivity contribution in [2.45, 2.75) is 13.1 Å². The third-order valence-electron chi connectivity index (χ3n) is 3.53. The van der Waals surface area contributed by atoms with Crippen LogP contribution in [0.3, 0.4) is 0 Å². The third-order valence-corrected chi connectivity index (χ3v) is 4.70. The van der Waals surface area contributed by atoms with Crippen LogP contribution in [-0.4, -0.2) is 36.5 Å². The molecule has 3 rings (SSSR count). The third kappa shape index (κ3) is 4.68. The summed E-state index contributed by atoms with van der Waals surface area (Å²) >= 11 is 15.4. The van der Waals surface area contributed by atoms with Gasteiger partial charge in [-0.1, -0.05) is 29.3 Å². The highest BCUT2D eigenvalue weighted by atomic mass is 79.9. The zero-order valence-corrected chi connectivity index (χ0v) is 16.7. The van der Waals surface area contributed by atoms with E-state index in [0.717, 1.165) is 10.2 Å². The number of anilines is 1. The van der Waals surface area contributed by atoms with Crippen molar-refractivity contribution in [3.8, 4) is 0 Å². The number of nitrogens with one attached hydrogen (secondary N) is 1. The first-order chi connectivity index (χ1) is 12.8. The van der Waals surface area contributed by atoms with Crippen molar-refractivity contribution in [1.29, 1.82) is 0 Å². The second kappa shape index (κ2) is 8.12. The van der Waals surface area contributed by atoms with Gasteiger partial charge in [-0.15, -0.1) is 0 Å². The summed E-state index contributed by atoms with van der Waals surface area (Å²) in [6.07, 6.45) is 3.04. The summed E-state index contributed by atoms with van der Waals surface area (Å²) in [6.45, 7) is -0.0398. The summed E-state index contributed by atoms with van der Waals surface area (Å²) < 4.78 is 3.25. The van der Waals surface area contributed by atoms with Gasteiger partial charge in [-0.2, -0.15) is 10.2 Å². The molecule has 0 bridgehead atoms. The Morgan fingerprint density at radius 3 is 2.74 bits per heavy atom. The summed E-state index contributed by atoms with van der Waals surface area (Å²) in [7, 11) is 0. The molecule has 8 nitrogen and oxygen atoms in total. The van der Waals surface area contributed by atoms with Crippen LogP contribution in [0.1, 0.15) is 16.1 Å². The Labute approximate surface area is 171 Å². The Hall–Kier alpha value is -2.36. The fourth-order valence-corrected chi connectivity index (χ4v) is 3.22. The number of nitrogens with zero attached hydrogens (tertiary/aromatic N) is 4. The molecule has 3 aromatic rings. The Morgan fingerprint density at radius 2 is 2.04 bits per heavy atom. The van der Waals surface area contributed by atoms with Gasteiger partial charge in [0.2, 0.25) is 0 Å². The average Bonchev–Trinajstić information content (AvgIpc) is 3.16. The van der Waals surface area contributed by atoms with E-state index in [9.17, 15) is 9.59 Å². The molecule has 0 saturated heterocycles. The molecule has 2 aromatic heterocycles. The summed E-state index contributed by atoms with van der Waals surface area (Å²) in [5, 5.41) is 20.7. The maximum Gasteiger partial charge on any atom is 0.325 e. The number of aliphatic carboxylic acids is 1. The van der Waals surface area contributed by atoms with Gasteiger partial charge in [-0.3, -0.25) is 14.3 Å². The SMILES string of the molecule is O=C(O)Cn1nccc1C(=O)Nc1nn(Cc2ccc(Cl)cc2Cl)cc1Br. The number of aromatic nitrogens is 4. The first kappa shape index (κ1) is 19.4. The molecule has 27 heavy (non-hydrogen) atoms. The molecule has 1 amide bonds. The van der Waals surface area contributed by atoms with E-state index in [2.05, 4.69) is 31.4 Å². The molecule has 0 saturated carbocycles. The Bertz CT molecular complexity index is 1020. The summed E-state index contributed by atoms with van der Waals surface area (Å²) in [4.78, 5) is 23.3. The summed E-state index contributed by atoms with van der Waals surface area (Å²) in [6, 6.07) is 6.59. The fourth-order valence-electron chi connectivity index (χ4n) is 2.34. The van der Waals surface area contributed by atoms with Crippen molar-refractivity contribution in [2.24, 2.45) is 0 Å². The molecule has 0 aliphatic carbocycles. The van der Waals surface area contributed by atoms with E-state index in [1.165, 1.54) is 12.3 Å². The van der Waals surface area contributed by atoms with Crippen LogP contribution in [0.5, 0.6) is 0 Å². The molecule has 2 heterocycles. The maximum atomic E-state index is 12.4. The molecule has 0 spiro atoms. The number of carboxylic acids is 1. The van der Waals surface area contributed by atoms with Gasteiger partial charge in [-0.25, -0.2) is 4.68 Å². The second-order valence-corrected chi connectivity index (χ2v) is 7.18. The van der Waals surface area contributed by atoms with Gasteiger partial charge in [0.05, 0.1) is 11.0 Å². The van der Waals surface area contributed by atoms with E-state index in [1.54, 1.807) is 29.1 Å². The largest absolute Gasteiger partial charge is 0.480 e. The topological polar surface area (TPSA) is 102 Å². The summed E-state index contributed by atoms with van der Waals surface area (Å²) in [5.41, 5.74) is 0.924. The summed E-state index contributed by atoms with van der Waals surface area (Å²) in [5.74, 6) is -1.34. The Balaban J connectivity index is 1.76. The lowest BCUT2D eigenvalue weighted by atomic mass is 10.2. The van der Waals surface area contributed by atoms with E-state index in [1.807, 2.05) is 0 Å². The van der Waals surface area contributed by atoms with E-state index in [-0.39, 0.29) is 11.5 Å². The highest BCUT2D eigenvalue weighted by molar-refractivity contribution is 9.10. The van der Waals surface area contributed by atoms with E-state index >= 15 is 0 Å². The van der Waals surface area contributed by atoms with Crippen molar-refractivity contribution in [1.82, 2.24) is 19.6 Å². The molecule has 0 aliphatic rings. The number of carbonyl (C=O) groups excluding carboxylic acids is 1. The van der Waals surface area contributed by atoms with E-state index in [0.29, 0.717) is 21.1 Å². The predicted octanol–water partition coefficient (Wildman–Crippen LogP) is 3.53. The second-order valence-electron chi connectivity index (χ2n) is 5.48. The Kier molecular flexibility index (Phi) is 5.83. The van der Waals surface area contributed by atoms with Crippen molar-refractivity contribution in [3.63, 3.8) is 0 Å². The van der Waals surface area contributed by atoms with Crippen LogP contribution in [0.15, 0.2) is 41.1 Å². The molecule has 2 N–H and O–H groups in total. The lowest BCUT2D eigenvalue weighted by Gasteiger charge is -2.06. The first-order valence-electron chi connectivity index (χ1n) is 7.55. The molecule has 1 aromatic carbocycles. The number of halogens is 3.